The predicted octanol–water partition coefficient (Wildman–Crippen LogP) is 1.95. The second-order valence-corrected chi connectivity index (χ2v) is 7.83. The molecule has 0 bridgehead atoms. The molecule has 0 fully saturated rings. The number of benzene rings is 2. The first-order valence-corrected chi connectivity index (χ1v) is 10.0. The summed E-state index contributed by atoms with van der Waals surface area (Å²) in [6.45, 7) is 1.02. The van der Waals surface area contributed by atoms with E-state index in [0.29, 0.717) is 25.1 Å². The van der Waals surface area contributed by atoms with Gasteiger partial charge in [-0.3, -0.25) is 19.6 Å². The third-order valence-electron chi connectivity index (χ3n) is 5.80. The number of amides is 3. The molecule has 8 nitrogen and oxygen atoms in total. The van der Waals surface area contributed by atoms with Crippen LogP contribution in [0.1, 0.15) is 33.2 Å². The van der Waals surface area contributed by atoms with Gasteiger partial charge < -0.3 is 14.4 Å². The summed E-state index contributed by atoms with van der Waals surface area (Å²) in [7, 11) is 3.39. The number of carbonyl (C=O) groups is 3. The maximum atomic E-state index is 13.0. The Morgan fingerprint density at radius 2 is 1.87 bits per heavy atom. The molecule has 1 unspecified atom stereocenters. The van der Waals surface area contributed by atoms with E-state index in [1.807, 2.05) is 36.4 Å². The predicted molar refractivity (Wildman–Crippen MR) is 115 cm³/mol. The molecule has 2 heterocycles. The van der Waals surface area contributed by atoms with E-state index in [4.69, 9.17) is 5.21 Å². The van der Waals surface area contributed by atoms with Crippen LogP contribution in [-0.4, -0.2) is 58.4 Å². The zero-order valence-electron chi connectivity index (χ0n) is 17.4. The zero-order valence-corrected chi connectivity index (χ0v) is 17.4. The van der Waals surface area contributed by atoms with Crippen molar-refractivity contribution >= 4 is 29.1 Å². The molecule has 1 aromatic heterocycles. The molecule has 0 saturated heterocycles. The van der Waals surface area contributed by atoms with Crippen LogP contribution in [0.5, 0.6) is 0 Å². The number of hydrogen-bond donors (Lipinski definition) is 2. The van der Waals surface area contributed by atoms with E-state index in [0.717, 1.165) is 34.1 Å². The largest absolute Gasteiger partial charge is 0.347 e. The molecule has 31 heavy (non-hydrogen) atoms. The van der Waals surface area contributed by atoms with Crippen molar-refractivity contribution in [3.05, 3.63) is 70.9 Å². The lowest BCUT2D eigenvalue weighted by molar-refractivity contribution is -0.139. The molecule has 1 aliphatic heterocycles. The van der Waals surface area contributed by atoms with Gasteiger partial charge >= 0.3 is 0 Å². The molecule has 3 aromatic rings. The van der Waals surface area contributed by atoms with Gasteiger partial charge in [0, 0.05) is 61.3 Å². The first-order chi connectivity index (χ1) is 15.0. The highest BCUT2D eigenvalue weighted by Crippen LogP contribution is 2.38. The van der Waals surface area contributed by atoms with Crippen LogP contribution < -0.4 is 5.48 Å². The molecule has 160 valence electrons. The van der Waals surface area contributed by atoms with Crippen molar-refractivity contribution in [3.8, 4) is 0 Å². The summed E-state index contributed by atoms with van der Waals surface area (Å²) in [4.78, 5) is 39.5. The lowest BCUT2D eigenvalue weighted by atomic mass is 9.95. The number of likely N-dealkylation sites (N-methyl/N-ethyl adjacent to an activating group) is 1. The van der Waals surface area contributed by atoms with Gasteiger partial charge in [-0.15, -0.1) is 0 Å². The van der Waals surface area contributed by atoms with E-state index in [-0.39, 0.29) is 5.91 Å². The monoisotopic (exact) mass is 420 g/mol. The van der Waals surface area contributed by atoms with Crippen molar-refractivity contribution in [2.75, 3.05) is 20.6 Å². The maximum Gasteiger partial charge on any atom is 0.274 e. The molecule has 0 spiro atoms. The highest BCUT2D eigenvalue weighted by molar-refractivity contribution is 5.95. The molecule has 2 N–H and O–H groups in total. The van der Waals surface area contributed by atoms with Gasteiger partial charge in [-0.1, -0.05) is 30.3 Å². The van der Waals surface area contributed by atoms with Crippen LogP contribution in [-0.2, 0) is 22.6 Å². The van der Waals surface area contributed by atoms with Crippen molar-refractivity contribution in [2.24, 2.45) is 0 Å². The van der Waals surface area contributed by atoms with Crippen LogP contribution >= 0.6 is 0 Å². The number of nitrogens with zero attached hydrogens (tertiary/aromatic N) is 3. The molecule has 1 atom stereocenters. The summed E-state index contributed by atoms with van der Waals surface area (Å²) in [6, 6.07) is 14.2. The van der Waals surface area contributed by atoms with Crippen LogP contribution in [0.15, 0.2) is 48.5 Å². The second-order valence-electron chi connectivity index (χ2n) is 7.83. The van der Waals surface area contributed by atoms with Crippen molar-refractivity contribution in [3.63, 3.8) is 0 Å². The van der Waals surface area contributed by atoms with E-state index >= 15 is 0 Å². The van der Waals surface area contributed by atoms with Crippen LogP contribution in [0.25, 0.3) is 10.9 Å². The van der Waals surface area contributed by atoms with Gasteiger partial charge in [0.1, 0.15) is 6.04 Å². The summed E-state index contributed by atoms with van der Waals surface area (Å²) in [6.07, 6.45) is 1.40. The van der Waals surface area contributed by atoms with E-state index < -0.39 is 11.9 Å². The Kier molecular flexibility index (Phi) is 5.48. The maximum absolute atomic E-state index is 13.0. The highest BCUT2D eigenvalue weighted by atomic mass is 16.5. The number of nitrogens with one attached hydrogen (secondary N) is 1. The third-order valence-corrected chi connectivity index (χ3v) is 5.80. The van der Waals surface area contributed by atoms with Gasteiger partial charge in [-0.05, 0) is 23.8 Å². The average Bonchev–Trinajstić information content (AvgIpc) is 3.11. The minimum absolute atomic E-state index is 0.129. The third kappa shape index (κ3) is 3.55. The first-order valence-electron chi connectivity index (χ1n) is 10.0. The molecule has 1 aliphatic rings. The molecule has 2 aromatic carbocycles. The second kappa shape index (κ2) is 8.23. The fraction of sp³-hybridized carbons (Fsp3) is 0.261. The SMILES string of the molecule is CN(C)C(=O)C1c2c(n(Cc3ccc(C(=O)NO)cc3)c3ccccc23)CCN1C=O. The molecule has 4 rings (SSSR count). The Hall–Kier alpha value is -3.65. The number of para-hydroxylation sites is 1. The van der Waals surface area contributed by atoms with Gasteiger partial charge in [0.15, 0.2) is 0 Å². The number of rotatable bonds is 5. The van der Waals surface area contributed by atoms with Gasteiger partial charge in [0.2, 0.25) is 12.3 Å². The van der Waals surface area contributed by atoms with Crippen molar-refractivity contribution < 1.29 is 19.6 Å². The zero-order chi connectivity index (χ0) is 22.1. The minimum atomic E-state index is -0.655. The number of fused-ring (bicyclic) bond motifs is 3. The lowest BCUT2D eigenvalue weighted by Crippen LogP contribution is -2.43. The summed E-state index contributed by atoms with van der Waals surface area (Å²) < 4.78 is 2.18. The van der Waals surface area contributed by atoms with Gasteiger partial charge in [-0.25, -0.2) is 5.48 Å². The quantitative estimate of drug-likeness (QED) is 0.375. The van der Waals surface area contributed by atoms with Crippen molar-refractivity contribution in [1.82, 2.24) is 19.8 Å². The van der Waals surface area contributed by atoms with E-state index in [1.54, 1.807) is 36.6 Å². The average molecular weight is 420 g/mol. The van der Waals surface area contributed by atoms with Gasteiger partial charge in [-0.2, -0.15) is 0 Å². The fourth-order valence-electron chi connectivity index (χ4n) is 4.30. The van der Waals surface area contributed by atoms with E-state index in [2.05, 4.69) is 4.57 Å². The summed E-state index contributed by atoms with van der Waals surface area (Å²) >= 11 is 0. The molecular formula is C23H24N4O4. The lowest BCUT2D eigenvalue weighted by Gasteiger charge is -2.34. The van der Waals surface area contributed by atoms with E-state index in [1.165, 1.54) is 4.90 Å². The van der Waals surface area contributed by atoms with Gasteiger partial charge in [0.05, 0.1) is 0 Å². The first kappa shape index (κ1) is 20.6. The minimum Gasteiger partial charge on any atom is -0.347 e. The van der Waals surface area contributed by atoms with Crippen molar-refractivity contribution in [1.29, 1.82) is 0 Å². The Morgan fingerprint density at radius 1 is 1.16 bits per heavy atom. The Morgan fingerprint density at radius 3 is 2.52 bits per heavy atom. The smallest absolute Gasteiger partial charge is 0.274 e. The normalized spacial score (nSPS) is 15.5. The Balaban J connectivity index is 1.82. The van der Waals surface area contributed by atoms with Gasteiger partial charge in [0.25, 0.3) is 5.91 Å². The molecule has 8 heteroatoms. The Labute approximate surface area is 179 Å². The van der Waals surface area contributed by atoms with Crippen LogP contribution in [0.2, 0.25) is 0 Å². The molecule has 3 amide bonds. The Bertz CT molecular complexity index is 1150. The summed E-state index contributed by atoms with van der Waals surface area (Å²) in [5, 5.41) is 9.76. The van der Waals surface area contributed by atoms with E-state index in [9.17, 15) is 14.4 Å². The molecule has 0 aliphatic carbocycles. The summed E-state index contributed by atoms with van der Waals surface area (Å²) in [5.74, 6) is -0.690. The standard InChI is InChI=1S/C23H24N4O4/c1-25(2)23(30)21-20-17-5-3-4-6-18(17)27(19(20)11-12-26(21)14-28)13-15-7-9-16(10-8-15)22(29)24-31/h3-10,14,21,31H,11-13H2,1-2H3,(H,24,29). The number of aromatic nitrogens is 1. The van der Waals surface area contributed by atoms with Crippen LogP contribution in [0.3, 0.4) is 0 Å². The number of carbonyl (C=O) groups excluding carboxylic acids is 3. The van der Waals surface area contributed by atoms with Crippen molar-refractivity contribution in [2.45, 2.75) is 19.0 Å². The highest BCUT2D eigenvalue weighted by Gasteiger charge is 2.37. The number of hydrogen-bond acceptors (Lipinski definition) is 4. The fourth-order valence-corrected chi connectivity index (χ4v) is 4.30. The summed E-state index contributed by atoms with van der Waals surface area (Å²) in [5.41, 5.74) is 5.89. The molecular weight excluding hydrogens is 396 g/mol. The van der Waals surface area contributed by atoms with Crippen LogP contribution in [0, 0.1) is 0 Å². The molecule has 0 saturated carbocycles. The van der Waals surface area contributed by atoms with Crippen LogP contribution in [0.4, 0.5) is 0 Å². The number of hydroxylamine groups is 1. The topological polar surface area (TPSA) is 94.9 Å². The molecule has 0 radical (unpaired) electrons.